The molecule has 0 atom stereocenters. The molecule has 8 heteroatoms. The van der Waals surface area contributed by atoms with E-state index in [1.165, 1.54) is 11.1 Å². The normalized spacial score (nSPS) is 17.6. The highest BCUT2D eigenvalue weighted by Crippen LogP contribution is 2.24. The number of carbonyl (C=O) groups is 1. The van der Waals surface area contributed by atoms with Crippen LogP contribution in [0.5, 0.6) is 0 Å². The van der Waals surface area contributed by atoms with Crippen LogP contribution in [-0.2, 0) is 17.6 Å². The third-order valence-electron chi connectivity index (χ3n) is 6.15. The summed E-state index contributed by atoms with van der Waals surface area (Å²) in [5.74, 6) is 6.83. The fraction of sp³-hybridized carbons (Fsp3) is 0.375. The zero-order valence-corrected chi connectivity index (χ0v) is 18.3. The summed E-state index contributed by atoms with van der Waals surface area (Å²) in [6, 6.07) is 8.82. The van der Waals surface area contributed by atoms with Gasteiger partial charge in [-0.15, -0.1) is 0 Å². The second-order valence-corrected chi connectivity index (χ2v) is 9.00. The molecule has 2 aliphatic heterocycles. The number of hydrogen-bond donors (Lipinski definition) is 4. The molecule has 1 amide bonds. The van der Waals surface area contributed by atoms with Gasteiger partial charge in [0.05, 0.1) is 23.5 Å². The predicted octanol–water partition coefficient (Wildman–Crippen LogP) is 1.49. The molecule has 164 valence electrons. The van der Waals surface area contributed by atoms with Crippen LogP contribution in [0.3, 0.4) is 0 Å². The van der Waals surface area contributed by atoms with Crippen molar-refractivity contribution in [3.63, 3.8) is 0 Å². The highest BCUT2D eigenvalue weighted by molar-refractivity contribution is 5.85. The second kappa shape index (κ2) is 8.17. The van der Waals surface area contributed by atoms with Gasteiger partial charge < -0.3 is 21.1 Å². The fourth-order valence-electron chi connectivity index (χ4n) is 4.36. The van der Waals surface area contributed by atoms with Crippen molar-refractivity contribution < 1.29 is 4.79 Å². The minimum absolute atomic E-state index is 0.0188. The third kappa shape index (κ3) is 4.12. The van der Waals surface area contributed by atoms with Gasteiger partial charge in [0.25, 0.3) is 0 Å². The Balaban J connectivity index is 1.20. The van der Waals surface area contributed by atoms with E-state index in [2.05, 4.69) is 67.8 Å². The van der Waals surface area contributed by atoms with E-state index in [-0.39, 0.29) is 5.91 Å². The minimum atomic E-state index is -0.802. The Bertz CT molecular complexity index is 1100. The highest BCUT2D eigenvalue weighted by atomic mass is 16.2. The van der Waals surface area contributed by atoms with Gasteiger partial charge in [-0.05, 0) is 37.8 Å². The number of anilines is 1. The van der Waals surface area contributed by atoms with E-state index in [0.717, 1.165) is 30.7 Å². The van der Waals surface area contributed by atoms with Gasteiger partial charge in [-0.2, -0.15) is 5.53 Å². The van der Waals surface area contributed by atoms with Crippen molar-refractivity contribution in [1.82, 2.24) is 31.3 Å². The summed E-state index contributed by atoms with van der Waals surface area (Å²) in [5, 5.41) is 3.42. The first kappa shape index (κ1) is 20.3. The van der Waals surface area contributed by atoms with Gasteiger partial charge in [0.2, 0.25) is 11.9 Å². The average molecular weight is 430 g/mol. The van der Waals surface area contributed by atoms with Crippen molar-refractivity contribution in [3.8, 4) is 11.8 Å². The molecule has 0 unspecified atom stereocenters. The van der Waals surface area contributed by atoms with Gasteiger partial charge >= 0.3 is 0 Å². The predicted molar refractivity (Wildman–Crippen MR) is 122 cm³/mol. The lowest BCUT2D eigenvalue weighted by atomic mass is 9.91. The Labute approximate surface area is 187 Å². The number of hydrazine groups is 2. The number of amides is 1. The van der Waals surface area contributed by atoms with E-state index >= 15 is 0 Å². The number of benzene rings is 1. The molecule has 0 bridgehead atoms. The molecule has 8 nitrogen and oxygen atoms in total. The molecule has 4 N–H and O–H groups in total. The summed E-state index contributed by atoms with van der Waals surface area (Å²) >= 11 is 0. The molecule has 0 fully saturated rings. The fourth-order valence-corrected chi connectivity index (χ4v) is 4.36. The summed E-state index contributed by atoms with van der Waals surface area (Å²) < 4.78 is 0. The Morgan fingerprint density at radius 1 is 1.12 bits per heavy atom. The standard InChI is InChI=1S/C24H27N7O/c1-24(2,22(32)31-10-8-20-21(15-31)29-30-28-20)9-7-16-13-25-23(26-14-16)27-19-11-17-5-3-4-6-18(17)12-19/h3-6,13-14,19,28-30H,8,10-12,15H2,1-2H3,(H,25,26,27). The van der Waals surface area contributed by atoms with E-state index in [9.17, 15) is 4.79 Å². The molecule has 0 saturated heterocycles. The molecular weight excluding hydrogens is 402 g/mol. The van der Waals surface area contributed by atoms with E-state index in [4.69, 9.17) is 0 Å². The van der Waals surface area contributed by atoms with Crippen LogP contribution in [0.4, 0.5) is 5.95 Å². The van der Waals surface area contributed by atoms with E-state index in [1.54, 1.807) is 12.4 Å². The molecule has 0 spiro atoms. The van der Waals surface area contributed by atoms with Crippen molar-refractivity contribution in [3.05, 3.63) is 64.7 Å². The maximum atomic E-state index is 13.1. The third-order valence-corrected chi connectivity index (χ3v) is 6.15. The van der Waals surface area contributed by atoms with Crippen molar-refractivity contribution in [2.24, 2.45) is 5.41 Å². The topological polar surface area (TPSA) is 94.2 Å². The zero-order valence-electron chi connectivity index (χ0n) is 18.3. The number of nitrogens with zero attached hydrogens (tertiary/aromatic N) is 3. The van der Waals surface area contributed by atoms with E-state index in [0.29, 0.717) is 30.6 Å². The summed E-state index contributed by atoms with van der Waals surface area (Å²) in [6.45, 7) is 4.94. The lowest BCUT2D eigenvalue weighted by Crippen LogP contribution is -2.45. The Morgan fingerprint density at radius 2 is 1.81 bits per heavy atom. The second-order valence-electron chi connectivity index (χ2n) is 9.00. The van der Waals surface area contributed by atoms with Crippen LogP contribution in [0, 0.1) is 17.3 Å². The molecule has 0 radical (unpaired) electrons. The van der Waals surface area contributed by atoms with Crippen LogP contribution in [0.15, 0.2) is 48.1 Å². The molecule has 1 aromatic heterocycles. The number of aromatic nitrogens is 2. The monoisotopic (exact) mass is 429 g/mol. The maximum absolute atomic E-state index is 13.1. The van der Waals surface area contributed by atoms with Crippen LogP contribution in [0.2, 0.25) is 0 Å². The van der Waals surface area contributed by atoms with Gasteiger partial charge in [0.1, 0.15) is 5.41 Å². The number of carbonyl (C=O) groups excluding carboxylic acids is 1. The Hall–Kier alpha value is -3.57. The van der Waals surface area contributed by atoms with Crippen molar-refractivity contribution in [2.75, 3.05) is 18.4 Å². The van der Waals surface area contributed by atoms with E-state index in [1.807, 2.05) is 18.7 Å². The lowest BCUT2D eigenvalue weighted by molar-refractivity contribution is -0.137. The minimum Gasteiger partial charge on any atom is -0.351 e. The van der Waals surface area contributed by atoms with Crippen molar-refractivity contribution in [1.29, 1.82) is 0 Å². The number of fused-ring (bicyclic) bond motifs is 1. The number of rotatable bonds is 3. The first-order chi connectivity index (χ1) is 15.5. The first-order valence-corrected chi connectivity index (χ1v) is 10.9. The molecule has 1 aromatic carbocycles. The van der Waals surface area contributed by atoms with Crippen LogP contribution >= 0.6 is 0 Å². The lowest BCUT2D eigenvalue weighted by Gasteiger charge is -2.32. The maximum Gasteiger partial charge on any atom is 0.240 e. The van der Waals surface area contributed by atoms with Crippen LogP contribution in [-0.4, -0.2) is 39.9 Å². The Morgan fingerprint density at radius 3 is 2.53 bits per heavy atom. The SMILES string of the molecule is CC(C)(C#Cc1cnc(NC2Cc3ccccc3C2)nc1)C(=O)N1CCC2=C(C1)NNN2. The molecule has 3 aliphatic rings. The molecule has 5 rings (SSSR count). The number of nitrogens with one attached hydrogen (secondary N) is 4. The molecular formula is C24H27N7O. The van der Waals surface area contributed by atoms with Gasteiger partial charge in [-0.1, -0.05) is 36.1 Å². The Kier molecular flexibility index (Phi) is 5.19. The van der Waals surface area contributed by atoms with Gasteiger partial charge in [-0.3, -0.25) is 4.79 Å². The van der Waals surface area contributed by atoms with Crippen LogP contribution < -0.4 is 21.7 Å². The number of hydrogen-bond acceptors (Lipinski definition) is 7. The van der Waals surface area contributed by atoms with Gasteiger partial charge in [0.15, 0.2) is 0 Å². The zero-order chi connectivity index (χ0) is 22.1. The van der Waals surface area contributed by atoms with Crippen molar-refractivity contribution >= 4 is 11.9 Å². The molecule has 3 heterocycles. The van der Waals surface area contributed by atoms with E-state index < -0.39 is 5.41 Å². The summed E-state index contributed by atoms with van der Waals surface area (Å²) in [5.41, 5.74) is 13.8. The quantitative estimate of drug-likeness (QED) is 0.549. The van der Waals surface area contributed by atoms with Gasteiger partial charge in [0, 0.05) is 31.4 Å². The largest absolute Gasteiger partial charge is 0.351 e. The molecule has 1 aliphatic carbocycles. The van der Waals surface area contributed by atoms with Gasteiger partial charge in [-0.25, -0.2) is 9.97 Å². The average Bonchev–Trinajstić information content (AvgIpc) is 3.43. The molecule has 0 saturated carbocycles. The van der Waals surface area contributed by atoms with Crippen molar-refractivity contribution in [2.45, 2.75) is 39.2 Å². The van der Waals surface area contributed by atoms with Crippen LogP contribution in [0.1, 0.15) is 37.0 Å². The first-order valence-electron chi connectivity index (χ1n) is 10.9. The smallest absolute Gasteiger partial charge is 0.240 e. The summed E-state index contributed by atoms with van der Waals surface area (Å²) in [4.78, 5) is 23.8. The van der Waals surface area contributed by atoms with Crippen LogP contribution in [0.25, 0.3) is 0 Å². The summed E-state index contributed by atoms with van der Waals surface area (Å²) in [7, 11) is 0. The molecule has 2 aromatic rings. The molecule has 32 heavy (non-hydrogen) atoms. The highest BCUT2D eigenvalue weighted by Gasteiger charge is 2.34. The summed E-state index contributed by atoms with van der Waals surface area (Å²) in [6.07, 6.45) is 6.17.